The van der Waals surface area contributed by atoms with E-state index in [2.05, 4.69) is 11.8 Å². The number of rotatable bonds is 4. The molecule has 0 radical (unpaired) electrons. The molecule has 1 heterocycles. The standard InChI is InChI=1S/C12H23NO2/c1-4-10-7-5-6-8-13(10)11(9(2)3)12(14)15/h9-11H,4-8H2,1-3H3,(H,14,15). The third-order valence-electron chi connectivity index (χ3n) is 3.39. The van der Waals surface area contributed by atoms with Crippen molar-refractivity contribution in [3.63, 3.8) is 0 Å². The number of aliphatic carboxylic acids is 1. The van der Waals surface area contributed by atoms with Gasteiger partial charge in [0.25, 0.3) is 0 Å². The van der Waals surface area contributed by atoms with Crippen LogP contribution in [0.15, 0.2) is 0 Å². The van der Waals surface area contributed by atoms with Crippen molar-refractivity contribution >= 4 is 5.97 Å². The molecule has 3 nitrogen and oxygen atoms in total. The van der Waals surface area contributed by atoms with Crippen LogP contribution in [0.4, 0.5) is 0 Å². The summed E-state index contributed by atoms with van der Waals surface area (Å²) in [6.07, 6.45) is 4.62. The van der Waals surface area contributed by atoms with Gasteiger partial charge < -0.3 is 5.11 Å². The molecular weight excluding hydrogens is 190 g/mol. The van der Waals surface area contributed by atoms with Crippen molar-refractivity contribution in [3.05, 3.63) is 0 Å². The van der Waals surface area contributed by atoms with Crippen molar-refractivity contribution in [2.75, 3.05) is 6.54 Å². The minimum atomic E-state index is -0.662. The smallest absolute Gasteiger partial charge is 0.321 e. The Balaban J connectivity index is 2.75. The van der Waals surface area contributed by atoms with Gasteiger partial charge in [-0.3, -0.25) is 9.69 Å². The van der Waals surface area contributed by atoms with Gasteiger partial charge in [-0.2, -0.15) is 0 Å². The molecule has 0 aromatic rings. The Morgan fingerprint density at radius 3 is 2.60 bits per heavy atom. The van der Waals surface area contributed by atoms with Crippen molar-refractivity contribution in [1.82, 2.24) is 4.90 Å². The molecule has 15 heavy (non-hydrogen) atoms. The summed E-state index contributed by atoms with van der Waals surface area (Å²) < 4.78 is 0. The van der Waals surface area contributed by atoms with Crippen LogP contribution < -0.4 is 0 Å². The van der Waals surface area contributed by atoms with Crippen molar-refractivity contribution in [2.45, 2.75) is 58.5 Å². The molecule has 1 N–H and O–H groups in total. The number of carbonyl (C=O) groups is 1. The zero-order valence-electron chi connectivity index (χ0n) is 10.1. The minimum absolute atomic E-state index is 0.189. The molecule has 0 aromatic heterocycles. The van der Waals surface area contributed by atoms with Gasteiger partial charge in [0.1, 0.15) is 6.04 Å². The molecular formula is C12H23NO2. The monoisotopic (exact) mass is 213 g/mol. The number of piperidine rings is 1. The highest BCUT2D eigenvalue weighted by Crippen LogP contribution is 2.25. The first-order chi connectivity index (χ1) is 7.07. The van der Waals surface area contributed by atoms with Crippen molar-refractivity contribution in [1.29, 1.82) is 0 Å². The van der Waals surface area contributed by atoms with Gasteiger partial charge in [-0.15, -0.1) is 0 Å². The highest BCUT2D eigenvalue weighted by Gasteiger charge is 2.34. The lowest BCUT2D eigenvalue weighted by Crippen LogP contribution is -2.52. The van der Waals surface area contributed by atoms with E-state index < -0.39 is 5.97 Å². The average molecular weight is 213 g/mol. The van der Waals surface area contributed by atoms with Crippen LogP contribution in [0.1, 0.15) is 46.5 Å². The van der Waals surface area contributed by atoms with Gasteiger partial charge in [0.05, 0.1) is 0 Å². The fourth-order valence-electron chi connectivity index (χ4n) is 2.64. The van der Waals surface area contributed by atoms with Crippen LogP contribution in [0, 0.1) is 5.92 Å². The summed E-state index contributed by atoms with van der Waals surface area (Å²) in [4.78, 5) is 13.5. The molecule has 1 fully saturated rings. The fraction of sp³-hybridized carbons (Fsp3) is 0.917. The van der Waals surface area contributed by atoms with Crippen LogP contribution >= 0.6 is 0 Å². The molecule has 0 bridgehead atoms. The van der Waals surface area contributed by atoms with E-state index in [4.69, 9.17) is 0 Å². The molecule has 2 atom stereocenters. The lowest BCUT2D eigenvalue weighted by Gasteiger charge is -2.40. The third kappa shape index (κ3) is 2.94. The predicted octanol–water partition coefficient (Wildman–Crippen LogP) is 2.36. The zero-order chi connectivity index (χ0) is 11.4. The van der Waals surface area contributed by atoms with E-state index >= 15 is 0 Å². The van der Waals surface area contributed by atoms with Gasteiger partial charge in [0.15, 0.2) is 0 Å². The Hall–Kier alpha value is -0.570. The topological polar surface area (TPSA) is 40.5 Å². The molecule has 0 aliphatic carbocycles. The summed E-state index contributed by atoms with van der Waals surface area (Å²) in [5.74, 6) is -0.472. The van der Waals surface area contributed by atoms with Crippen LogP contribution in [0.2, 0.25) is 0 Å². The maximum absolute atomic E-state index is 11.3. The van der Waals surface area contributed by atoms with Crippen molar-refractivity contribution < 1.29 is 9.90 Å². The second-order valence-electron chi connectivity index (χ2n) is 4.82. The molecule has 0 amide bonds. The van der Waals surface area contributed by atoms with E-state index in [0.717, 1.165) is 25.8 Å². The third-order valence-corrected chi connectivity index (χ3v) is 3.39. The average Bonchev–Trinajstić information content (AvgIpc) is 2.17. The second-order valence-corrected chi connectivity index (χ2v) is 4.82. The molecule has 1 aliphatic rings. The Kier molecular flexibility index (Phi) is 4.58. The number of carboxylic acids is 1. The number of hydrogen-bond acceptors (Lipinski definition) is 2. The van der Waals surface area contributed by atoms with E-state index in [1.807, 2.05) is 13.8 Å². The number of likely N-dealkylation sites (tertiary alicyclic amines) is 1. The first-order valence-corrected chi connectivity index (χ1v) is 6.06. The molecule has 1 saturated heterocycles. The van der Waals surface area contributed by atoms with E-state index in [0.29, 0.717) is 6.04 Å². The normalized spacial score (nSPS) is 25.5. The SMILES string of the molecule is CCC1CCCCN1C(C(=O)O)C(C)C. The minimum Gasteiger partial charge on any atom is -0.480 e. The summed E-state index contributed by atoms with van der Waals surface area (Å²) in [5.41, 5.74) is 0. The highest BCUT2D eigenvalue weighted by atomic mass is 16.4. The van der Waals surface area contributed by atoms with Crippen LogP contribution in [-0.2, 0) is 4.79 Å². The van der Waals surface area contributed by atoms with Gasteiger partial charge in [0, 0.05) is 6.04 Å². The molecule has 1 rings (SSSR count). The van der Waals surface area contributed by atoms with E-state index in [9.17, 15) is 9.90 Å². The maximum Gasteiger partial charge on any atom is 0.321 e. The lowest BCUT2D eigenvalue weighted by molar-refractivity contribution is -0.147. The second kappa shape index (κ2) is 5.50. The van der Waals surface area contributed by atoms with Gasteiger partial charge in [-0.1, -0.05) is 27.2 Å². The van der Waals surface area contributed by atoms with E-state index in [1.54, 1.807) is 0 Å². The molecule has 2 unspecified atom stereocenters. The van der Waals surface area contributed by atoms with Gasteiger partial charge in [-0.05, 0) is 31.7 Å². The quantitative estimate of drug-likeness (QED) is 0.779. The molecule has 0 aromatic carbocycles. The van der Waals surface area contributed by atoms with Crippen LogP contribution in [0.25, 0.3) is 0 Å². The molecule has 3 heteroatoms. The van der Waals surface area contributed by atoms with Crippen molar-refractivity contribution in [2.24, 2.45) is 5.92 Å². The van der Waals surface area contributed by atoms with Gasteiger partial charge in [-0.25, -0.2) is 0 Å². The Morgan fingerprint density at radius 1 is 1.47 bits per heavy atom. The largest absolute Gasteiger partial charge is 0.480 e. The Morgan fingerprint density at radius 2 is 2.13 bits per heavy atom. The number of hydrogen-bond donors (Lipinski definition) is 1. The summed E-state index contributed by atoms with van der Waals surface area (Å²) >= 11 is 0. The predicted molar refractivity (Wildman–Crippen MR) is 60.9 cm³/mol. The van der Waals surface area contributed by atoms with Crippen LogP contribution in [0.3, 0.4) is 0 Å². The van der Waals surface area contributed by atoms with Crippen LogP contribution in [0.5, 0.6) is 0 Å². The summed E-state index contributed by atoms with van der Waals surface area (Å²) in [7, 11) is 0. The first kappa shape index (κ1) is 12.5. The van der Waals surface area contributed by atoms with E-state index in [-0.39, 0.29) is 12.0 Å². The number of carboxylic acid groups (broad SMARTS) is 1. The van der Waals surface area contributed by atoms with E-state index in [1.165, 1.54) is 6.42 Å². The lowest BCUT2D eigenvalue weighted by atomic mass is 9.93. The molecule has 88 valence electrons. The Labute approximate surface area is 92.5 Å². The molecule has 0 spiro atoms. The summed E-state index contributed by atoms with van der Waals surface area (Å²) in [5, 5.41) is 9.27. The van der Waals surface area contributed by atoms with Crippen molar-refractivity contribution in [3.8, 4) is 0 Å². The summed E-state index contributed by atoms with van der Waals surface area (Å²) in [6.45, 7) is 7.11. The zero-order valence-corrected chi connectivity index (χ0v) is 10.1. The highest BCUT2D eigenvalue weighted by molar-refractivity contribution is 5.73. The summed E-state index contributed by atoms with van der Waals surface area (Å²) in [6, 6.07) is 0.178. The maximum atomic E-state index is 11.3. The first-order valence-electron chi connectivity index (χ1n) is 6.06. The van der Waals surface area contributed by atoms with Gasteiger partial charge in [0.2, 0.25) is 0 Å². The van der Waals surface area contributed by atoms with Crippen LogP contribution in [-0.4, -0.2) is 34.6 Å². The fourth-order valence-corrected chi connectivity index (χ4v) is 2.64. The Bertz CT molecular complexity index is 216. The molecule has 0 saturated carbocycles. The molecule has 1 aliphatic heterocycles. The number of nitrogens with zero attached hydrogens (tertiary/aromatic N) is 1. The van der Waals surface area contributed by atoms with Gasteiger partial charge >= 0.3 is 5.97 Å².